The first-order valence-electron chi connectivity index (χ1n) is 20.0. The number of hydrogen-bond acceptors (Lipinski definition) is 9. The van der Waals surface area contributed by atoms with Crippen LogP contribution in [0.25, 0.3) is 0 Å². The topological polar surface area (TPSA) is 129 Å². The molecule has 11 nitrogen and oxygen atoms in total. The minimum absolute atomic E-state index is 0.160. The van der Waals surface area contributed by atoms with Crippen LogP contribution in [0.4, 0.5) is 22.7 Å². The normalized spacial score (nSPS) is 15.1. The number of nitrogens with one attached hydrogen (secondary N) is 2. The number of aryl methyl sites for hydroxylation is 1. The van der Waals surface area contributed by atoms with Crippen molar-refractivity contribution in [3.63, 3.8) is 0 Å². The average molecular weight is 887 g/mol. The van der Waals surface area contributed by atoms with Crippen LogP contribution in [0.15, 0.2) is 82.0 Å². The third-order valence-corrected chi connectivity index (χ3v) is 11.0. The van der Waals surface area contributed by atoms with Gasteiger partial charge in [0.25, 0.3) is 5.91 Å². The number of phenols is 1. The van der Waals surface area contributed by atoms with Crippen molar-refractivity contribution in [2.24, 2.45) is 15.2 Å². The lowest BCUT2D eigenvalue weighted by Gasteiger charge is -2.21. The van der Waals surface area contributed by atoms with Crippen LogP contribution in [-0.2, 0) is 4.79 Å². The summed E-state index contributed by atoms with van der Waals surface area (Å²) < 4.78 is 17.1. The predicted octanol–water partition coefficient (Wildman–Crippen LogP) is 13.2. The molecule has 316 valence electrons. The summed E-state index contributed by atoms with van der Waals surface area (Å²) in [6.45, 7) is 4.27. The van der Waals surface area contributed by atoms with Crippen molar-refractivity contribution in [3.05, 3.63) is 92.4 Å². The van der Waals surface area contributed by atoms with Crippen molar-refractivity contribution in [2.45, 2.75) is 96.6 Å². The maximum Gasteiger partial charge on any atom is 0.265 e. The Morgan fingerprint density at radius 1 is 0.847 bits per heavy atom. The molecule has 0 aliphatic carbocycles. The van der Waals surface area contributed by atoms with Gasteiger partial charge in [0, 0.05) is 16.8 Å². The number of nitrogens with zero attached hydrogens (tertiary/aromatic N) is 4. The SMILES string of the molecule is CCCCCCCCCCCCC(Oc1ccc(O)c(C)c1)C(=O)Nc1ccc(Cl)c(N=C2NN(c3c(Cl)cc(Cl)cc3Cl)CC2N=Nc2ccc(OC)c(OC)c2)c1. The highest BCUT2D eigenvalue weighted by molar-refractivity contribution is 6.42. The first kappa shape index (κ1) is 45.7. The number of halogens is 4. The molecule has 0 saturated carbocycles. The number of methoxy groups -OCH3 is 2. The van der Waals surface area contributed by atoms with E-state index in [2.05, 4.69) is 27.9 Å². The van der Waals surface area contributed by atoms with Crippen LogP contribution in [-0.4, -0.2) is 49.8 Å². The van der Waals surface area contributed by atoms with Crippen LogP contribution in [0, 0.1) is 6.92 Å². The number of amides is 1. The number of anilines is 2. The van der Waals surface area contributed by atoms with Crippen LogP contribution in [0.3, 0.4) is 0 Å². The minimum atomic E-state index is -0.779. The number of rotatable bonds is 21. The Balaban J connectivity index is 1.35. The number of hydrogen-bond donors (Lipinski definition) is 3. The first-order chi connectivity index (χ1) is 28.5. The summed E-state index contributed by atoms with van der Waals surface area (Å²) in [5.74, 6) is 1.80. The molecule has 1 heterocycles. The van der Waals surface area contributed by atoms with E-state index in [0.29, 0.717) is 77.9 Å². The smallest absolute Gasteiger partial charge is 0.265 e. The maximum atomic E-state index is 13.9. The van der Waals surface area contributed by atoms with Gasteiger partial charge in [0.15, 0.2) is 17.6 Å². The average Bonchev–Trinajstić information content (AvgIpc) is 3.60. The molecule has 1 aliphatic heterocycles. The summed E-state index contributed by atoms with van der Waals surface area (Å²) >= 11 is 26.2. The Labute approximate surface area is 367 Å². The van der Waals surface area contributed by atoms with E-state index in [1.807, 2.05) is 0 Å². The van der Waals surface area contributed by atoms with Crippen LogP contribution < -0.4 is 30.0 Å². The Kier molecular flexibility index (Phi) is 17.7. The standard InChI is InChI=1S/C44H52Cl4N6O5/c1-5-6-7-8-9-10-11-12-13-14-15-40(59-32-18-20-38(55)28(2)22-32)44(56)49-30-16-19-33(46)36(25-30)50-43-37(52-51-31-17-21-39(57-3)41(26-31)58-4)27-54(53-43)42-34(47)23-29(45)24-35(42)48/h16-26,37,40,55H,5-15,27H2,1-4H3,(H,49,56)(H,50,53). The van der Waals surface area contributed by atoms with Gasteiger partial charge in [-0.25, -0.2) is 4.99 Å². The maximum absolute atomic E-state index is 13.9. The van der Waals surface area contributed by atoms with Gasteiger partial charge in [-0.05, 0) is 86.0 Å². The number of amidine groups is 1. The van der Waals surface area contributed by atoms with Crippen LogP contribution in [0.1, 0.15) is 83.1 Å². The van der Waals surface area contributed by atoms with Gasteiger partial charge in [-0.15, -0.1) is 0 Å². The van der Waals surface area contributed by atoms with Gasteiger partial charge >= 0.3 is 0 Å². The van der Waals surface area contributed by atoms with E-state index in [0.717, 1.165) is 19.3 Å². The van der Waals surface area contributed by atoms with Gasteiger partial charge in [-0.1, -0.05) is 111 Å². The van der Waals surface area contributed by atoms with Gasteiger partial charge in [0.05, 0.1) is 52.9 Å². The molecule has 0 bridgehead atoms. The molecule has 5 rings (SSSR count). The number of unbranched alkanes of at least 4 members (excludes halogenated alkanes) is 9. The molecule has 0 radical (unpaired) electrons. The summed E-state index contributed by atoms with van der Waals surface area (Å²) in [6.07, 6.45) is 11.5. The highest BCUT2D eigenvalue weighted by atomic mass is 35.5. The summed E-state index contributed by atoms with van der Waals surface area (Å²) in [7, 11) is 3.10. The molecule has 4 aromatic carbocycles. The Morgan fingerprint density at radius 3 is 2.19 bits per heavy atom. The van der Waals surface area contributed by atoms with E-state index in [1.165, 1.54) is 44.9 Å². The number of phenolic OH excluding ortho intramolecular Hbond substituents is 1. The lowest BCUT2D eigenvalue weighted by Crippen LogP contribution is -2.33. The van der Waals surface area contributed by atoms with Crippen molar-refractivity contribution in [2.75, 3.05) is 31.1 Å². The number of azo groups is 1. The number of carbonyl (C=O) groups is 1. The quantitative estimate of drug-likeness (QED) is 0.0561. The van der Waals surface area contributed by atoms with Gasteiger partial charge < -0.3 is 24.6 Å². The highest BCUT2D eigenvalue weighted by Gasteiger charge is 2.32. The molecule has 1 fully saturated rings. The second kappa shape index (κ2) is 22.8. The van der Waals surface area contributed by atoms with Crippen molar-refractivity contribution in [3.8, 4) is 23.0 Å². The van der Waals surface area contributed by atoms with E-state index in [1.54, 1.807) is 92.9 Å². The molecular formula is C44H52Cl4N6O5. The molecule has 15 heteroatoms. The molecule has 1 amide bonds. The van der Waals surface area contributed by atoms with Gasteiger partial charge in [-0.2, -0.15) is 10.2 Å². The van der Waals surface area contributed by atoms with E-state index in [-0.39, 0.29) is 18.2 Å². The fraction of sp³-hybridized carbons (Fsp3) is 0.409. The van der Waals surface area contributed by atoms with E-state index in [9.17, 15) is 9.90 Å². The van der Waals surface area contributed by atoms with Crippen LogP contribution >= 0.6 is 46.4 Å². The molecule has 2 unspecified atom stereocenters. The first-order valence-corrected chi connectivity index (χ1v) is 21.5. The van der Waals surface area contributed by atoms with Crippen LogP contribution in [0.2, 0.25) is 20.1 Å². The Hall–Kier alpha value is -4.42. The summed E-state index contributed by atoms with van der Waals surface area (Å²) in [4.78, 5) is 18.8. The van der Waals surface area contributed by atoms with Crippen molar-refractivity contribution in [1.82, 2.24) is 5.43 Å². The number of aliphatic imine (C=N–C) groups is 1. The summed E-state index contributed by atoms with van der Waals surface area (Å²) in [5.41, 5.74) is 5.78. The fourth-order valence-corrected chi connectivity index (χ4v) is 7.81. The third-order valence-electron chi connectivity index (χ3n) is 9.87. The molecule has 1 saturated heterocycles. The second-order valence-electron chi connectivity index (χ2n) is 14.4. The van der Waals surface area contributed by atoms with Crippen molar-refractivity contribution < 1.29 is 24.1 Å². The van der Waals surface area contributed by atoms with Gasteiger partial charge in [0.2, 0.25) is 0 Å². The number of ether oxygens (including phenoxy) is 3. The number of benzene rings is 4. The second-order valence-corrected chi connectivity index (χ2v) is 16.0. The zero-order chi connectivity index (χ0) is 42.3. The lowest BCUT2D eigenvalue weighted by atomic mass is 10.0. The van der Waals surface area contributed by atoms with E-state index in [4.69, 9.17) is 65.6 Å². The molecule has 4 aromatic rings. The molecule has 0 spiro atoms. The fourth-order valence-electron chi connectivity index (χ4n) is 6.63. The molecular weight excluding hydrogens is 834 g/mol. The van der Waals surface area contributed by atoms with Gasteiger partial charge in [-0.3, -0.25) is 15.2 Å². The van der Waals surface area contributed by atoms with Crippen LogP contribution in [0.5, 0.6) is 23.0 Å². The third kappa shape index (κ3) is 13.3. The van der Waals surface area contributed by atoms with Crippen molar-refractivity contribution >= 4 is 80.9 Å². The van der Waals surface area contributed by atoms with Crippen molar-refractivity contribution in [1.29, 1.82) is 0 Å². The number of aromatic hydroxyl groups is 1. The van der Waals surface area contributed by atoms with Gasteiger partial charge in [0.1, 0.15) is 23.4 Å². The minimum Gasteiger partial charge on any atom is -0.508 e. The number of hydrazine groups is 1. The molecule has 3 N–H and O–H groups in total. The summed E-state index contributed by atoms with van der Waals surface area (Å²) in [5, 5.41) is 25.3. The zero-order valence-corrected chi connectivity index (χ0v) is 36.9. The lowest BCUT2D eigenvalue weighted by molar-refractivity contribution is -0.123. The van der Waals surface area contributed by atoms with E-state index < -0.39 is 12.1 Å². The Bertz CT molecular complexity index is 2080. The number of carbonyl (C=O) groups excluding carboxylic acids is 1. The Morgan fingerprint density at radius 2 is 1.53 bits per heavy atom. The van der Waals surface area contributed by atoms with E-state index >= 15 is 0 Å². The predicted molar refractivity (Wildman–Crippen MR) is 241 cm³/mol. The zero-order valence-electron chi connectivity index (χ0n) is 33.9. The highest BCUT2D eigenvalue weighted by Crippen LogP contribution is 2.38. The molecule has 59 heavy (non-hydrogen) atoms. The largest absolute Gasteiger partial charge is 0.508 e. The monoisotopic (exact) mass is 884 g/mol. The molecule has 2 atom stereocenters. The molecule has 1 aliphatic rings. The summed E-state index contributed by atoms with van der Waals surface area (Å²) in [6, 6.07) is 17.8. The molecule has 0 aromatic heterocycles.